The molecule has 11 heteroatoms. The van der Waals surface area contributed by atoms with Gasteiger partial charge in [-0.05, 0) is 86.3 Å². The number of non-ortho nitro benzene ring substituents is 1. The Morgan fingerprint density at radius 1 is 1.19 bits per heavy atom. The first kappa shape index (κ1) is 29.9. The summed E-state index contributed by atoms with van der Waals surface area (Å²) in [7, 11) is 0. The summed E-state index contributed by atoms with van der Waals surface area (Å²) < 4.78 is 0. The van der Waals surface area contributed by atoms with Crippen molar-refractivity contribution in [3.63, 3.8) is 0 Å². The number of oxime groups is 1. The van der Waals surface area contributed by atoms with Crippen molar-refractivity contribution in [2.75, 3.05) is 6.61 Å². The molecule has 3 saturated carbocycles. The molecule has 4 aliphatic rings. The molecule has 0 bridgehead atoms. The summed E-state index contributed by atoms with van der Waals surface area (Å²) in [6.07, 6.45) is 10.4. The standard InChI is InChI=1S/C31H39N3O8/c1-29-12-9-20(16-19(29)7-8-22-23(29)10-13-30(2)24(22)11-14-31(30,3)39)33-42-17-25(35)32-26(28(37)38)27(36)18-5-4-6-21(15-18)34(40)41/h4-6,9,12,15-16,22-24,26-27,36,39H,7-8,10-11,13-14,17H2,1-3H3,(H,32,35)(H,37,38)/t22?,23?,24?,26?,27?,29-,30-,31-/m0/s1. The van der Waals surface area contributed by atoms with E-state index < -0.39 is 41.2 Å². The maximum atomic E-state index is 12.5. The molecule has 0 saturated heterocycles. The van der Waals surface area contributed by atoms with Gasteiger partial charge in [0.05, 0.1) is 10.5 Å². The van der Waals surface area contributed by atoms with Crippen LogP contribution in [0.25, 0.3) is 0 Å². The third-order valence-corrected chi connectivity index (χ3v) is 10.8. The second-order valence-corrected chi connectivity index (χ2v) is 12.9. The molecular weight excluding hydrogens is 542 g/mol. The molecule has 1 aromatic rings. The monoisotopic (exact) mass is 581 g/mol. The zero-order valence-electron chi connectivity index (χ0n) is 24.2. The van der Waals surface area contributed by atoms with Crippen LogP contribution in [0.3, 0.4) is 0 Å². The number of carbonyl (C=O) groups is 2. The van der Waals surface area contributed by atoms with Crippen LogP contribution < -0.4 is 5.32 Å². The number of hydrogen-bond donors (Lipinski definition) is 4. The van der Waals surface area contributed by atoms with Crippen molar-refractivity contribution >= 4 is 23.3 Å². The Kier molecular flexibility index (Phi) is 7.78. The highest BCUT2D eigenvalue weighted by atomic mass is 16.6. The average Bonchev–Trinajstić information content (AvgIpc) is 3.19. The van der Waals surface area contributed by atoms with Crippen LogP contribution in [0.2, 0.25) is 0 Å². The van der Waals surface area contributed by atoms with Crippen LogP contribution in [-0.4, -0.2) is 56.1 Å². The van der Waals surface area contributed by atoms with Crippen molar-refractivity contribution in [1.29, 1.82) is 0 Å². The first-order chi connectivity index (χ1) is 19.8. The van der Waals surface area contributed by atoms with Gasteiger partial charge in [0, 0.05) is 17.5 Å². The van der Waals surface area contributed by atoms with Crippen LogP contribution in [0.4, 0.5) is 5.69 Å². The molecule has 4 N–H and O–H groups in total. The van der Waals surface area contributed by atoms with Gasteiger partial charge in [-0.25, -0.2) is 4.79 Å². The van der Waals surface area contributed by atoms with Crippen molar-refractivity contribution in [3.8, 4) is 0 Å². The number of carbonyl (C=O) groups excluding carboxylic acids is 1. The predicted octanol–water partition coefficient (Wildman–Crippen LogP) is 4.06. The number of rotatable bonds is 8. The molecule has 1 aromatic carbocycles. The van der Waals surface area contributed by atoms with Gasteiger partial charge in [0.1, 0.15) is 11.8 Å². The predicted molar refractivity (Wildman–Crippen MR) is 153 cm³/mol. The largest absolute Gasteiger partial charge is 0.480 e. The second-order valence-electron chi connectivity index (χ2n) is 12.9. The highest BCUT2D eigenvalue weighted by molar-refractivity contribution is 6.05. The summed E-state index contributed by atoms with van der Waals surface area (Å²) in [6, 6.07) is 3.19. The van der Waals surface area contributed by atoms with E-state index in [1.54, 1.807) is 0 Å². The molecule has 0 radical (unpaired) electrons. The van der Waals surface area contributed by atoms with E-state index in [2.05, 4.69) is 30.4 Å². The smallest absolute Gasteiger partial charge is 0.329 e. The lowest BCUT2D eigenvalue weighted by atomic mass is 9.47. The van der Waals surface area contributed by atoms with Crippen molar-refractivity contribution in [2.45, 2.75) is 77.0 Å². The van der Waals surface area contributed by atoms with E-state index in [4.69, 9.17) is 4.84 Å². The molecule has 0 spiro atoms. The van der Waals surface area contributed by atoms with Crippen LogP contribution in [0, 0.1) is 38.7 Å². The van der Waals surface area contributed by atoms with Gasteiger partial charge in [0.25, 0.3) is 11.6 Å². The number of carboxylic acids is 1. The average molecular weight is 582 g/mol. The fourth-order valence-corrected chi connectivity index (χ4v) is 8.18. The molecule has 1 amide bonds. The summed E-state index contributed by atoms with van der Waals surface area (Å²) in [5, 5.41) is 48.5. The molecule has 11 nitrogen and oxygen atoms in total. The molecule has 0 aliphatic heterocycles. The number of amides is 1. The first-order valence-corrected chi connectivity index (χ1v) is 14.5. The van der Waals surface area contributed by atoms with Crippen LogP contribution in [-0.2, 0) is 14.4 Å². The number of nitrogens with one attached hydrogen (secondary N) is 1. The Labute approximate surface area is 244 Å². The highest BCUT2D eigenvalue weighted by Crippen LogP contribution is 2.66. The van der Waals surface area contributed by atoms with Gasteiger partial charge in [-0.3, -0.25) is 14.9 Å². The molecule has 0 heterocycles. The van der Waals surface area contributed by atoms with E-state index in [-0.39, 0.29) is 22.1 Å². The lowest BCUT2D eigenvalue weighted by molar-refractivity contribution is -0.385. The van der Waals surface area contributed by atoms with E-state index in [1.165, 1.54) is 23.8 Å². The number of nitro groups is 1. The molecular formula is C31H39N3O8. The highest BCUT2D eigenvalue weighted by Gasteiger charge is 2.62. The molecule has 8 atom stereocenters. The number of nitro benzene ring substituents is 1. The Bertz CT molecular complexity index is 1370. The number of benzene rings is 1. The number of aliphatic hydroxyl groups excluding tert-OH is 1. The van der Waals surface area contributed by atoms with E-state index in [0.29, 0.717) is 23.5 Å². The topological polar surface area (TPSA) is 172 Å². The van der Waals surface area contributed by atoms with E-state index in [0.717, 1.165) is 44.6 Å². The summed E-state index contributed by atoms with van der Waals surface area (Å²) in [4.78, 5) is 39.8. The maximum Gasteiger partial charge on any atom is 0.329 e. The third-order valence-electron chi connectivity index (χ3n) is 10.8. The van der Waals surface area contributed by atoms with E-state index in [9.17, 15) is 35.0 Å². The first-order valence-electron chi connectivity index (χ1n) is 14.5. The number of aliphatic carboxylic acids is 1. The summed E-state index contributed by atoms with van der Waals surface area (Å²) in [5.41, 5.74) is 0.745. The molecule has 5 unspecified atom stereocenters. The summed E-state index contributed by atoms with van der Waals surface area (Å²) in [6.45, 7) is 5.99. The number of nitrogens with zero attached hydrogens (tertiary/aromatic N) is 2. The quantitative estimate of drug-likeness (QED) is 0.263. The lowest BCUT2D eigenvalue weighted by Crippen LogP contribution is -2.53. The van der Waals surface area contributed by atoms with Crippen LogP contribution in [0.5, 0.6) is 0 Å². The summed E-state index contributed by atoms with van der Waals surface area (Å²) >= 11 is 0. The zero-order chi connectivity index (χ0) is 30.4. The summed E-state index contributed by atoms with van der Waals surface area (Å²) in [5.74, 6) is -0.763. The number of carboxylic acid groups (broad SMARTS) is 1. The minimum Gasteiger partial charge on any atom is -0.480 e. The Hall–Kier alpha value is -3.57. The fourth-order valence-electron chi connectivity index (χ4n) is 8.18. The van der Waals surface area contributed by atoms with Crippen LogP contribution in [0.1, 0.15) is 71.0 Å². The van der Waals surface area contributed by atoms with Gasteiger partial charge >= 0.3 is 5.97 Å². The van der Waals surface area contributed by atoms with Gasteiger partial charge < -0.3 is 25.5 Å². The van der Waals surface area contributed by atoms with E-state index in [1.807, 2.05) is 19.1 Å². The molecule has 42 heavy (non-hydrogen) atoms. The number of hydrogen-bond acceptors (Lipinski definition) is 8. The normalized spacial score (nSPS) is 35.7. The van der Waals surface area contributed by atoms with Crippen molar-refractivity contribution < 1.29 is 34.7 Å². The maximum absolute atomic E-state index is 12.5. The van der Waals surface area contributed by atoms with E-state index >= 15 is 0 Å². The minimum atomic E-state index is -1.75. The number of aliphatic hydroxyl groups is 2. The lowest BCUT2D eigenvalue weighted by Gasteiger charge is -2.58. The molecule has 4 aliphatic carbocycles. The number of fused-ring (bicyclic) bond motifs is 5. The van der Waals surface area contributed by atoms with Crippen LogP contribution >= 0.6 is 0 Å². The Balaban J connectivity index is 1.20. The van der Waals surface area contributed by atoms with Gasteiger partial charge in [-0.2, -0.15) is 0 Å². The molecule has 5 rings (SSSR count). The number of allylic oxidation sites excluding steroid dienone is 4. The SMILES string of the molecule is C[C@]12C=CC(=NOCC(=O)NC(C(=O)O)C(O)c3cccc([N+](=O)[O-])c3)C=C1CCC1C2CC[C@@]2(C)C1CC[C@]2(C)O. The third kappa shape index (κ3) is 5.13. The van der Waals surface area contributed by atoms with Crippen LogP contribution in [0.15, 0.2) is 53.2 Å². The van der Waals surface area contributed by atoms with Gasteiger partial charge in [-0.15, -0.1) is 0 Å². The van der Waals surface area contributed by atoms with Crippen molar-refractivity contribution in [2.24, 2.45) is 33.7 Å². The molecule has 226 valence electrons. The fraction of sp³-hybridized carbons (Fsp3) is 0.581. The van der Waals surface area contributed by atoms with Gasteiger partial charge in [-0.1, -0.05) is 42.8 Å². The van der Waals surface area contributed by atoms with Gasteiger partial charge in [0.15, 0.2) is 12.6 Å². The molecule has 3 fully saturated rings. The minimum absolute atomic E-state index is 0.0179. The second kappa shape index (κ2) is 10.9. The Morgan fingerprint density at radius 3 is 2.64 bits per heavy atom. The van der Waals surface area contributed by atoms with Crippen molar-refractivity contribution in [1.82, 2.24) is 5.32 Å². The zero-order valence-corrected chi connectivity index (χ0v) is 24.2. The van der Waals surface area contributed by atoms with Gasteiger partial charge in [0.2, 0.25) is 0 Å². The molecule has 0 aromatic heterocycles. The Morgan fingerprint density at radius 2 is 1.93 bits per heavy atom. The van der Waals surface area contributed by atoms with Crippen molar-refractivity contribution in [3.05, 3.63) is 63.7 Å².